The minimum atomic E-state index is 0.644. The molecule has 1 aliphatic heterocycles. The lowest BCUT2D eigenvalue weighted by Gasteiger charge is -2.38. The molecule has 5 rings (SSSR count). The molecule has 0 saturated carbocycles. The minimum Gasteiger partial charge on any atom is -0.494 e. The van der Waals surface area contributed by atoms with Crippen molar-refractivity contribution < 1.29 is 4.74 Å². The van der Waals surface area contributed by atoms with E-state index in [0.29, 0.717) is 5.78 Å². The van der Waals surface area contributed by atoms with Crippen molar-refractivity contribution in [2.24, 2.45) is 0 Å². The van der Waals surface area contributed by atoms with Crippen molar-refractivity contribution in [3.63, 3.8) is 0 Å². The van der Waals surface area contributed by atoms with E-state index in [1.165, 1.54) is 11.3 Å². The lowest BCUT2D eigenvalue weighted by molar-refractivity contribution is 0.419. The van der Waals surface area contributed by atoms with Crippen molar-refractivity contribution in [2.75, 3.05) is 43.1 Å². The Bertz CT molecular complexity index is 1190. The van der Waals surface area contributed by atoms with E-state index < -0.39 is 0 Å². The van der Waals surface area contributed by atoms with Crippen LogP contribution in [0.15, 0.2) is 36.8 Å². The third kappa shape index (κ3) is 2.91. The van der Waals surface area contributed by atoms with Crippen molar-refractivity contribution in [1.82, 2.24) is 24.6 Å². The van der Waals surface area contributed by atoms with E-state index >= 15 is 0 Å². The maximum absolute atomic E-state index is 5.52. The Balaban J connectivity index is 1.47. The lowest BCUT2D eigenvalue weighted by Crippen LogP contribution is -2.47. The number of nitrogens with zero attached hydrogens (tertiary/aromatic N) is 7. The molecule has 0 N–H and O–H groups in total. The van der Waals surface area contributed by atoms with Gasteiger partial charge in [0.2, 0.25) is 0 Å². The number of ether oxygens (including phenoxy) is 1. The number of pyridine rings is 1. The first-order chi connectivity index (χ1) is 14.2. The second-order valence-corrected chi connectivity index (χ2v) is 7.35. The summed E-state index contributed by atoms with van der Waals surface area (Å²) < 4.78 is 7.34. The second-order valence-electron chi connectivity index (χ2n) is 7.35. The Morgan fingerprint density at radius 1 is 1.00 bits per heavy atom. The lowest BCUT2D eigenvalue weighted by atomic mass is 10.1. The van der Waals surface area contributed by atoms with Crippen molar-refractivity contribution in [1.29, 1.82) is 0 Å². The molecule has 1 saturated heterocycles. The smallest absolute Gasteiger partial charge is 0.254 e. The van der Waals surface area contributed by atoms with Crippen LogP contribution < -0.4 is 14.5 Å². The molecule has 0 amide bonds. The van der Waals surface area contributed by atoms with E-state index in [2.05, 4.69) is 48.9 Å². The highest BCUT2D eigenvalue weighted by molar-refractivity contribution is 5.96. The molecule has 1 aliphatic rings. The monoisotopic (exact) mass is 389 g/mol. The number of hydrogen-bond acceptors (Lipinski definition) is 7. The number of piperazine rings is 1. The normalized spacial score (nSPS) is 14.7. The van der Waals surface area contributed by atoms with Crippen LogP contribution in [-0.2, 0) is 0 Å². The van der Waals surface area contributed by atoms with Gasteiger partial charge in [-0.25, -0.2) is 4.98 Å². The standard InChI is InChI=1S/C21H23N7O/c1-14-12-22-19-16(5-4-6-17(19)29-3)20(14)27-9-7-26(8-10-27)18-11-15(2)25-21-23-13-24-28(18)21/h4-6,11-13H,7-10H2,1-3H3. The molecule has 3 aromatic heterocycles. The number of benzene rings is 1. The molecule has 8 heteroatoms. The molecule has 0 radical (unpaired) electrons. The summed E-state index contributed by atoms with van der Waals surface area (Å²) in [5.41, 5.74) is 4.28. The summed E-state index contributed by atoms with van der Waals surface area (Å²) in [6.45, 7) is 7.73. The molecule has 0 aliphatic carbocycles. The first-order valence-electron chi connectivity index (χ1n) is 9.75. The molecule has 0 unspecified atom stereocenters. The topological polar surface area (TPSA) is 71.7 Å². The Kier molecular flexibility index (Phi) is 4.19. The summed E-state index contributed by atoms with van der Waals surface area (Å²) in [6, 6.07) is 8.20. The fourth-order valence-corrected chi connectivity index (χ4v) is 4.16. The number of aromatic nitrogens is 5. The maximum atomic E-state index is 5.52. The van der Waals surface area contributed by atoms with E-state index in [1.54, 1.807) is 13.4 Å². The summed E-state index contributed by atoms with van der Waals surface area (Å²) >= 11 is 0. The van der Waals surface area contributed by atoms with E-state index in [1.807, 2.05) is 29.8 Å². The van der Waals surface area contributed by atoms with Gasteiger partial charge < -0.3 is 14.5 Å². The predicted molar refractivity (Wildman–Crippen MR) is 113 cm³/mol. The van der Waals surface area contributed by atoms with E-state index in [-0.39, 0.29) is 0 Å². The number of rotatable bonds is 3. The highest BCUT2D eigenvalue weighted by Crippen LogP contribution is 2.34. The fourth-order valence-electron chi connectivity index (χ4n) is 4.16. The van der Waals surface area contributed by atoms with Gasteiger partial charge in [-0.15, -0.1) is 0 Å². The van der Waals surface area contributed by atoms with Crippen LogP contribution in [-0.4, -0.2) is 57.9 Å². The molecule has 4 aromatic rings. The van der Waals surface area contributed by atoms with Crippen molar-refractivity contribution in [2.45, 2.75) is 13.8 Å². The number of para-hydroxylation sites is 1. The van der Waals surface area contributed by atoms with E-state index in [4.69, 9.17) is 4.74 Å². The van der Waals surface area contributed by atoms with Gasteiger partial charge in [0.1, 0.15) is 23.4 Å². The van der Waals surface area contributed by atoms with Crippen molar-refractivity contribution in [3.8, 4) is 5.75 Å². The van der Waals surface area contributed by atoms with E-state index in [0.717, 1.165) is 54.3 Å². The number of anilines is 2. The number of aryl methyl sites for hydroxylation is 2. The van der Waals surface area contributed by atoms with Crippen LogP contribution in [0, 0.1) is 13.8 Å². The summed E-state index contributed by atoms with van der Waals surface area (Å²) in [6.07, 6.45) is 3.50. The molecule has 4 heterocycles. The number of fused-ring (bicyclic) bond motifs is 2. The highest BCUT2D eigenvalue weighted by atomic mass is 16.5. The molecular formula is C21H23N7O. The summed E-state index contributed by atoms with van der Waals surface area (Å²) in [5.74, 6) is 2.50. The third-order valence-corrected chi connectivity index (χ3v) is 5.52. The molecule has 0 spiro atoms. The number of methoxy groups -OCH3 is 1. The highest BCUT2D eigenvalue weighted by Gasteiger charge is 2.23. The average molecular weight is 389 g/mol. The average Bonchev–Trinajstić information content (AvgIpc) is 3.21. The SMILES string of the molecule is COc1cccc2c(N3CCN(c4cc(C)nc5ncnn45)CC3)c(C)cnc12. The van der Waals surface area contributed by atoms with Crippen molar-refractivity contribution in [3.05, 3.63) is 48.0 Å². The predicted octanol–water partition coefficient (Wildman–Crippen LogP) is 2.62. The Hall–Kier alpha value is -3.42. The molecule has 8 nitrogen and oxygen atoms in total. The van der Waals surface area contributed by atoms with Crippen LogP contribution in [0.1, 0.15) is 11.3 Å². The Morgan fingerprint density at radius 2 is 1.79 bits per heavy atom. The third-order valence-electron chi connectivity index (χ3n) is 5.52. The molecular weight excluding hydrogens is 366 g/mol. The summed E-state index contributed by atoms with van der Waals surface area (Å²) in [7, 11) is 1.69. The van der Waals surface area contributed by atoms with Gasteiger partial charge in [0.05, 0.1) is 12.8 Å². The van der Waals surface area contributed by atoms with Crippen LogP contribution >= 0.6 is 0 Å². The Labute approximate surface area is 168 Å². The Morgan fingerprint density at radius 3 is 2.59 bits per heavy atom. The zero-order valence-electron chi connectivity index (χ0n) is 16.8. The minimum absolute atomic E-state index is 0.644. The van der Waals surface area contributed by atoms with Crippen molar-refractivity contribution >= 4 is 28.2 Å². The molecule has 0 bridgehead atoms. The van der Waals surface area contributed by atoms with Gasteiger partial charge in [0.25, 0.3) is 5.78 Å². The first-order valence-corrected chi connectivity index (χ1v) is 9.75. The largest absolute Gasteiger partial charge is 0.494 e. The second kappa shape index (κ2) is 6.88. The summed E-state index contributed by atoms with van der Waals surface area (Å²) in [4.78, 5) is 18.1. The molecule has 148 valence electrons. The maximum Gasteiger partial charge on any atom is 0.254 e. The van der Waals surface area contributed by atoms with Crippen LogP contribution in [0.5, 0.6) is 5.75 Å². The van der Waals surface area contributed by atoms with Crippen LogP contribution in [0.2, 0.25) is 0 Å². The molecule has 1 fully saturated rings. The van der Waals surface area contributed by atoms with Gasteiger partial charge in [0, 0.05) is 49.5 Å². The zero-order valence-corrected chi connectivity index (χ0v) is 16.8. The van der Waals surface area contributed by atoms with E-state index in [9.17, 15) is 0 Å². The first kappa shape index (κ1) is 17.7. The fraction of sp³-hybridized carbons (Fsp3) is 0.333. The van der Waals surface area contributed by atoms with Gasteiger partial charge >= 0.3 is 0 Å². The van der Waals surface area contributed by atoms with Crippen LogP contribution in [0.3, 0.4) is 0 Å². The number of hydrogen-bond donors (Lipinski definition) is 0. The van der Waals surface area contributed by atoms with Gasteiger partial charge in [-0.2, -0.15) is 14.6 Å². The van der Waals surface area contributed by atoms with Gasteiger partial charge in [-0.05, 0) is 25.5 Å². The van der Waals surface area contributed by atoms with Gasteiger partial charge in [0.15, 0.2) is 0 Å². The van der Waals surface area contributed by atoms with Crippen LogP contribution in [0.25, 0.3) is 16.7 Å². The molecule has 1 aromatic carbocycles. The molecule has 29 heavy (non-hydrogen) atoms. The molecule has 0 atom stereocenters. The summed E-state index contributed by atoms with van der Waals surface area (Å²) in [5, 5.41) is 5.49. The van der Waals surface area contributed by atoms with Gasteiger partial charge in [-0.1, -0.05) is 12.1 Å². The quantitative estimate of drug-likeness (QED) is 0.533. The van der Waals surface area contributed by atoms with Crippen LogP contribution in [0.4, 0.5) is 11.5 Å². The van der Waals surface area contributed by atoms with Gasteiger partial charge in [-0.3, -0.25) is 4.98 Å². The zero-order chi connectivity index (χ0) is 20.0.